The van der Waals surface area contributed by atoms with Crippen LogP contribution in [0.3, 0.4) is 0 Å². The van der Waals surface area contributed by atoms with Crippen molar-refractivity contribution in [2.75, 3.05) is 31.2 Å². The number of aromatic amines is 1. The van der Waals surface area contributed by atoms with E-state index in [4.69, 9.17) is 5.26 Å². The van der Waals surface area contributed by atoms with E-state index in [2.05, 4.69) is 31.2 Å². The quantitative estimate of drug-likeness (QED) is 0.618. The Kier molecular flexibility index (Phi) is 5.54. The summed E-state index contributed by atoms with van der Waals surface area (Å²) in [5.41, 5.74) is 2.48. The molecule has 0 spiro atoms. The van der Waals surface area contributed by atoms with Gasteiger partial charge in [-0.05, 0) is 25.5 Å². The van der Waals surface area contributed by atoms with Crippen LogP contribution in [0.25, 0.3) is 21.6 Å². The predicted octanol–water partition coefficient (Wildman–Crippen LogP) is 2.88. The van der Waals surface area contributed by atoms with E-state index in [1.807, 2.05) is 12.3 Å². The summed E-state index contributed by atoms with van der Waals surface area (Å²) in [5.74, 6) is 0. The molecule has 1 fully saturated rings. The summed E-state index contributed by atoms with van der Waals surface area (Å²) in [4.78, 5) is 14.3. The summed E-state index contributed by atoms with van der Waals surface area (Å²) < 4.78 is 24.0. The number of rotatable bonds is 6. The van der Waals surface area contributed by atoms with Crippen molar-refractivity contribution in [3.05, 3.63) is 24.7 Å². The summed E-state index contributed by atoms with van der Waals surface area (Å²) in [6.07, 6.45) is 8.81. The fourth-order valence-corrected chi connectivity index (χ4v) is 5.42. The third-order valence-corrected chi connectivity index (χ3v) is 7.88. The van der Waals surface area contributed by atoms with Gasteiger partial charge < -0.3 is 15.2 Å². The number of fused-ring (bicyclic) bond motifs is 1. The molecule has 8 nitrogen and oxygen atoms in total. The van der Waals surface area contributed by atoms with E-state index >= 15 is 0 Å². The van der Waals surface area contributed by atoms with Gasteiger partial charge in [0.25, 0.3) is 0 Å². The highest BCUT2D eigenvalue weighted by atomic mass is 32.2. The van der Waals surface area contributed by atoms with Gasteiger partial charge in [-0.25, -0.2) is 18.4 Å². The first-order chi connectivity index (χ1) is 14.0. The fourth-order valence-electron chi connectivity index (χ4n) is 3.67. The topological polar surface area (TPSA) is 115 Å². The molecule has 0 aromatic carbocycles. The minimum Gasteiger partial charge on any atom is -0.380 e. The zero-order valence-electron chi connectivity index (χ0n) is 16.1. The molecule has 4 rings (SSSR count). The summed E-state index contributed by atoms with van der Waals surface area (Å²) in [6.45, 7) is 2.65. The van der Waals surface area contributed by atoms with Crippen molar-refractivity contribution in [3.8, 4) is 16.6 Å². The predicted molar refractivity (Wildman–Crippen MR) is 114 cm³/mol. The number of sulfone groups is 1. The highest BCUT2D eigenvalue weighted by Crippen LogP contribution is 2.37. The number of aromatic nitrogens is 3. The standard InChI is InChI=1S/C19H22N6O2S2/c1-29(26,27)16-11-23-19(28-16)15-10-22-18-14(5-7-21-18)17(15)24-13-4-2-8-25(12-13)9-3-6-20/h5,7,10-11,13H,2-4,8-9,12H2,1H3,(H2,21,22,24). The van der Waals surface area contributed by atoms with Gasteiger partial charge in [0.05, 0.1) is 23.5 Å². The highest BCUT2D eigenvalue weighted by molar-refractivity contribution is 7.92. The van der Waals surface area contributed by atoms with Crippen molar-refractivity contribution in [1.82, 2.24) is 19.9 Å². The van der Waals surface area contributed by atoms with Crippen molar-refractivity contribution >= 4 is 37.9 Å². The normalized spacial score (nSPS) is 18.0. The number of hydrogen-bond acceptors (Lipinski definition) is 8. The molecule has 10 heteroatoms. The Morgan fingerprint density at radius 3 is 3.03 bits per heavy atom. The lowest BCUT2D eigenvalue weighted by Crippen LogP contribution is -2.42. The van der Waals surface area contributed by atoms with Gasteiger partial charge in [-0.3, -0.25) is 0 Å². The molecule has 1 aliphatic rings. The third-order valence-electron chi connectivity index (χ3n) is 5.06. The van der Waals surface area contributed by atoms with Gasteiger partial charge in [0.2, 0.25) is 0 Å². The second-order valence-electron chi connectivity index (χ2n) is 7.24. The lowest BCUT2D eigenvalue weighted by Gasteiger charge is -2.33. The van der Waals surface area contributed by atoms with Crippen LogP contribution in [0.2, 0.25) is 0 Å². The highest BCUT2D eigenvalue weighted by Gasteiger charge is 2.23. The SMILES string of the molecule is CS(=O)(=O)c1cnc(-c2cnc3[nH]ccc3c2NC2CCCN(CCC#N)C2)s1. The van der Waals surface area contributed by atoms with Crippen LogP contribution in [0.5, 0.6) is 0 Å². The molecule has 0 bridgehead atoms. The van der Waals surface area contributed by atoms with Crippen LogP contribution in [0.15, 0.2) is 28.9 Å². The Hall–Kier alpha value is -2.48. The molecule has 1 aliphatic heterocycles. The zero-order chi connectivity index (χ0) is 20.4. The van der Waals surface area contributed by atoms with Crippen molar-refractivity contribution in [1.29, 1.82) is 5.26 Å². The van der Waals surface area contributed by atoms with E-state index in [0.29, 0.717) is 11.4 Å². The second-order valence-corrected chi connectivity index (χ2v) is 10.5. The minimum absolute atomic E-state index is 0.232. The van der Waals surface area contributed by atoms with E-state index in [0.717, 1.165) is 66.1 Å². The van der Waals surface area contributed by atoms with Gasteiger partial charge in [-0.15, -0.1) is 11.3 Å². The van der Waals surface area contributed by atoms with Gasteiger partial charge in [-0.2, -0.15) is 5.26 Å². The molecule has 1 saturated heterocycles. The Bertz CT molecular complexity index is 1160. The number of hydrogen-bond donors (Lipinski definition) is 2. The number of anilines is 1. The second kappa shape index (κ2) is 8.10. The lowest BCUT2D eigenvalue weighted by molar-refractivity contribution is 0.221. The molecule has 3 aromatic heterocycles. The van der Waals surface area contributed by atoms with Crippen LogP contribution < -0.4 is 5.32 Å². The number of nitrogens with one attached hydrogen (secondary N) is 2. The van der Waals surface area contributed by atoms with Crippen LogP contribution in [-0.2, 0) is 9.84 Å². The Balaban J connectivity index is 1.68. The van der Waals surface area contributed by atoms with Gasteiger partial charge in [0, 0.05) is 49.6 Å². The number of nitrogens with zero attached hydrogens (tertiary/aromatic N) is 4. The molecular weight excluding hydrogens is 408 g/mol. The largest absolute Gasteiger partial charge is 0.380 e. The van der Waals surface area contributed by atoms with Crippen LogP contribution >= 0.6 is 11.3 Å². The van der Waals surface area contributed by atoms with Crippen LogP contribution in [0, 0.1) is 11.3 Å². The van der Waals surface area contributed by atoms with Crippen molar-refractivity contribution in [2.45, 2.75) is 29.5 Å². The molecule has 2 N–H and O–H groups in total. The molecule has 4 heterocycles. The zero-order valence-corrected chi connectivity index (χ0v) is 17.7. The van der Waals surface area contributed by atoms with Crippen molar-refractivity contribution < 1.29 is 8.42 Å². The summed E-state index contributed by atoms with van der Waals surface area (Å²) in [6, 6.07) is 4.42. The van der Waals surface area contributed by atoms with Crippen molar-refractivity contribution in [3.63, 3.8) is 0 Å². The molecule has 0 amide bonds. The van der Waals surface area contributed by atoms with Gasteiger partial charge >= 0.3 is 0 Å². The van der Waals surface area contributed by atoms with Gasteiger partial charge in [0.15, 0.2) is 9.84 Å². The number of nitriles is 1. The lowest BCUT2D eigenvalue weighted by atomic mass is 10.0. The third kappa shape index (κ3) is 4.27. The molecule has 1 unspecified atom stereocenters. The average Bonchev–Trinajstić information content (AvgIpc) is 3.36. The van der Waals surface area contributed by atoms with Crippen LogP contribution in [0.4, 0.5) is 5.69 Å². The first kappa shape index (κ1) is 19.8. The van der Waals surface area contributed by atoms with Gasteiger partial charge in [0.1, 0.15) is 14.9 Å². The number of pyridine rings is 1. The first-order valence-corrected chi connectivity index (χ1v) is 12.1. The molecule has 0 aliphatic carbocycles. The maximum absolute atomic E-state index is 11.9. The molecule has 0 saturated carbocycles. The van der Waals surface area contributed by atoms with E-state index in [-0.39, 0.29) is 10.3 Å². The Morgan fingerprint density at radius 1 is 1.41 bits per heavy atom. The van der Waals surface area contributed by atoms with Crippen LogP contribution in [0.1, 0.15) is 19.3 Å². The maximum atomic E-state index is 11.9. The molecule has 152 valence electrons. The summed E-state index contributed by atoms with van der Waals surface area (Å²) in [7, 11) is -3.30. The first-order valence-electron chi connectivity index (χ1n) is 9.44. The molecule has 29 heavy (non-hydrogen) atoms. The number of piperidine rings is 1. The molecular formula is C19H22N6O2S2. The molecule has 1 atom stereocenters. The summed E-state index contributed by atoms with van der Waals surface area (Å²) in [5, 5.41) is 14.1. The van der Waals surface area contributed by atoms with Gasteiger partial charge in [-0.1, -0.05) is 0 Å². The van der Waals surface area contributed by atoms with Crippen molar-refractivity contribution in [2.24, 2.45) is 0 Å². The number of H-pyrrole nitrogens is 1. The average molecular weight is 431 g/mol. The van der Waals surface area contributed by atoms with E-state index in [1.165, 1.54) is 12.5 Å². The Labute approximate surface area is 173 Å². The summed E-state index contributed by atoms with van der Waals surface area (Å²) >= 11 is 1.16. The molecule has 0 radical (unpaired) electrons. The van der Waals surface area contributed by atoms with Crippen LogP contribution in [-0.4, -0.2) is 60.2 Å². The number of thiazole rings is 1. The maximum Gasteiger partial charge on any atom is 0.186 e. The minimum atomic E-state index is -3.30. The Morgan fingerprint density at radius 2 is 2.28 bits per heavy atom. The molecule has 3 aromatic rings. The number of likely N-dealkylation sites (tertiary alicyclic amines) is 1. The monoisotopic (exact) mass is 430 g/mol. The van der Waals surface area contributed by atoms with E-state index < -0.39 is 9.84 Å². The van der Waals surface area contributed by atoms with E-state index in [1.54, 1.807) is 6.20 Å². The smallest absolute Gasteiger partial charge is 0.186 e. The fraction of sp³-hybridized carbons (Fsp3) is 0.421. The van der Waals surface area contributed by atoms with E-state index in [9.17, 15) is 8.42 Å².